The van der Waals surface area contributed by atoms with Crippen molar-refractivity contribution < 1.29 is 0 Å². The predicted octanol–water partition coefficient (Wildman–Crippen LogP) is -2.62. The van der Waals surface area contributed by atoms with E-state index in [1.807, 2.05) is 0 Å². The predicted molar refractivity (Wildman–Crippen MR) is 63.9 cm³/mol. The molecule has 12 N–H and O–H groups in total. The molecule has 0 aromatic rings. The van der Waals surface area contributed by atoms with E-state index in [1.54, 1.807) is 0 Å². The summed E-state index contributed by atoms with van der Waals surface area (Å²) >= 11 is 0. The minimum Gasteiger partial charge on any atom is -0.330 e. The zero-order valence-electron chi connectivity index (χ0n) is 9.36. The molecule has 0 fully saturated rings. The molecule has 15 heavy (non-hydrogen) atoms. The molecule has 0 saturated heterocycles. The van der Waals surface area contributed by atoms with Gasteiger partial charge in [0.25, 0.3) is 0 Å². The topological polar surface area (TPSA) is 156 Å². The van der Waals surface area contributed by atoms with E-state index >= 15 is 0 Å². The molecule has 0 rings (SSSR count). The van der Waals surface area contributed by atoms with Crippen LogP contribution in [0.5, 0.6) is 0 Å². The molecule has 0 saturated carbocycles. The Labute approximate surface area is 91.7 Å². The average molecular weight is 218 g/mol. The van der Waals surface area contributed by atoms with Crippen LogP contribution in [0.4, 0.5) is 0 Å². The standard InChI is InChI=1S/C9H26N6/c10-4-1-3-9(15,8(14)6-12)7(13)2-5-11/h7-8H,1-6,10-15H2. The summed E-state index contributed by atoms with van der Waals surface area (Å²) in [4.78, 5) is 0. The van der Waals surface area contributed by atoms with Crippen molar-refractivity contribution in [1.29, 1.82) is 0 Å². The molecule has 0 aliphatic rings. The summed E-state index contributed by atoms with van der Waals surface area (Å²) in [6.45, 7) is 1.39. The van der Waals surface area contributed by atoms with Crippen LogP contribution in [0, 0.1) is 0 Å². The Morgan fingerprint density at radius 3 is 1.93 bits per heavy atom. The SMILES string of the molecule is NCCCC(N)(C(N)CN)C(N)CCN. The van der Waals surface area contributed by atoms with Gasteiger partial charge in [0, 0.05) is 24.2 Å². The zero-order chi connectivity index (χ0) is 11.9. The van der Waals surface area contributed by atoms with E-state index in [0.29, 0.717) is 32.5 Å². The van der Waals surface area contributed by atoms with Gasteiger partial charge in [-0.2, -0.15) is 0 Å². The van der Waals surface area contributed by atoms with Gasteiger partial charge >= 0.3 is 0 Å². The molecule has 6 heteroatoms. The Bertz CT molecular complexity index is 165. The van der Waals surface area contributed by atoms with Gasteiger partial charge in [-0.25, -0.2) is 0 Å². The van der Waals surface area contributed by atoms with Crippen LogP contribution < -0.4 is 34.4 Å². The summed E-state index contributed by atoms with van der Waals surface area (Å²) in [7, 11) is 0. The van der Waals surface area contributed by atoms with Gasteiger partial charge in [-0.15, -0.1) is 0 Å². The maximum absolute atomic E-state index is 6.23. The Morgan fingerprint density at radius 2 is 1.53 bits per heavy atom. The first-order valence-electron chi connectivity index (χ1n) is 5.43. The van der Waals surface area contributed by atoms with Crippen molar-refractivity contribution in [3.05, 3.63) is 0 Å². The van der Waals surface area contributed by atoms with Gasteiger partial charge in [-0.3, -0.25) is 0 Å². The van der Waals surface area contributed by atoms with Gasteiger partial charge in [-0.1, -0.05) is 0 Å². The van der Waals surface area contributed by atoms with E-state index < -0.39 is 5.54 Å². The van der Waals surface area contributed by atoms with Crippen LogP contribution in [0.1, 0.15) is 19.3 Å². The second-order valence-electron chi connectivity index (χ2n) is 4.03. The summed E-state index contributed by atoms with van der Waals surface area (Å²) in [5.74, 6) is 0. The monoisotopic (exact) mass is 218 g/mol. The van der Waals surface area contributed by atoms with E-state index in [2.05, 4.69) is 0 Å². The first-order valence-corrected chi connectivity index (χ1v) is 5.43. The van der Waals surface area contributed by atoms with E-state index in [1.165, 1.54) is 0 Å². The fraction of sp³-hybridized carbons (Fsp3) is 1.00. The van der Waals surface area contributed by atoms with Crippen LogP contribution in [0.25, 0.3) is 0 Å². The Kier molecular flexibility index (Phi) is 6.99. The summed E-state index contributed by atoms with van der Waals surface area (Å²) in [6, 6.07) is -0.543. The number of nitrogens with two attached hydrogens (primary N) is 6. The minimum absolute atomic E-state index is 0.229. The molecule has 0 aromatic carbocycles. The normalized spacial score (nSPS) is 19.6. The second kappa shape index (κ2) is 7.10. The molecule has 0 spiro atoms. The molecule has 0 amide bonds. The molecule has 0 aliphatic heterocycles. The maximum Gasteiger partial charge on any atom is 0.0474 e. The molecule has 3 atom stereocenters. The summed E-state index contributed by atoms with van der Waals surface area (Å²) < 4.78 is 0. The van der Waals surface area contributed by atoms with E-state index in [9.17, 15) is 0 Å². The molecule has 3 unspecified atom stereocenters. The molecule has 92 valence electrons. The van der Waals surface area contributed by atoms with Crippen molar-refractivity contribution in [2.75, 3.05) is 19.6 Å². The lowest BCUT2D eigenvalue weighted by atomic mass is 9.79. The minimum atomic E-state index is -0.659. The van der Waals surface area contributed by atoms with Crippen molar-refractivity contribution in [2.45, 2.75) is 36.9 Å². The highest BCUT2D eigenvalue weighted by Gasteiger charge is 2.36. The number of rotatable bonds is 8. The average Bonchev–Trinajstić information content (AvgIpc) is 2.24. The molecule has 0 bridgehead atoms. The molecule has 0 aliphatic carbocycles. The third-order valence-electron chi connectivity index (χ3n) is 2.93. The lowest BCUT2D eigenvalue weighted by molar-refractivity contribution is 0.254. The van der Waals surface area contributed by atoms with Crippen molar-refractivity contribution in [1.82, 2.24) is 0 Å². The van der Waals surface area contributed by atoms with Gasteiger partial charge in [0.1, 0.15) is 0 Å². The third-order valence-corrected chi connectivity index (χ3v) is 2.93. The quantitative estimate of drug-likeness (QED) is 0.262. The first kappa shape index (κ1) is 14.8. The van der Waals surface area contributed by atoms with Gasteiger partial charge in [0.05, 0.1) is 0 Å². The summed E-state index contributed by atoms with van der Waals surface area (Å²) in [5.41, 5.74) is 33.9. The first-order chi connectivity index (χ1) is 7.02. The summed E-state index contributed by atoms with van der Waals surface area (Å²) in [5, 5.41) is 0. The van der Waals surface area contributed by atoms with E-state index in [4.69, 9.17) is 34.4 Å². The summed E-state index contributed by atoms with van der Waals surface area (Å²) in [6.07, 6.45) is 2.13. The largest absolute Gasteiger partial charge is 0.330 e. The smallest absolute Gasteiger partial charge is 0.0474 e. The van der Waals surface area contributed by atoms with Gasteiger partial charge in [0.2, 0.25) is 0 Å². The highest BCUT2D eigenvalue weighted by atomic mass is 14.9. The van der Waals surface area contributed by atoms with Crippen molar-refractivity contribution >= 4 is 0 Å². The zero-order valence-corrected chi connectivity index (χ0v) is 9.36. The fourth-order valence-electron chi connectivity index (χ4n) is 1.72. The fourth-order valence-corrected chi connectivity index (χ4v) is 1.72. The number of hydrogen-bond acceptors (Lipinski definition) is 6. The Balaban J connectivity index is 4.51. The second-order valence-corrected chi connectivity index (χ2v) is 4.03. The lowest BCUT2D eigenvalue weighted by Crippen LogP contribution is -2.68. The highest BCUT2D eigenvalue weighted by molar-refractivity contribution is 5.02. The van der Waals surface area contributed by atoms with Gasteiger partial charge in [-0.05, 0) is 32.4 Å². The molecule has 0 radical (unpaired) electrons. The molecule has 0 heterocycles. The van der Waals surface area contributed by atoms with Crippen molar-refractivity contribution in [3.8, 4) is 0 Å². The molecular formula is C9H26N6. The van der Waals surface area contributed by atoms with Crippen LogP contribution in [0.2, 0.25) is 0 Å². The lowest BCUT2D eigenvalue weighted by Gasteiger charge is -2.40. The maximum atomic E-state index is 6.23. The van der Waals surface area contributed by atoms with E-state index in [-0.39, 0.29) is 12.1 Å². The van der Waals surface area contributed by atoms with Crippen LogP contribution in [-0.2, 0) is 0 Å². The van der Waals surface area contributed by atoms with Gasteiger partial charge < -0.3 is 34.4 Å². The van der Waals surface area contributed by atoms with E-state index in [0.717, 1.165) is 6.42 Å². The van der Waals surface area contributed by atoms with Crippen molar-refractivity contribution in [2.24, 2.45) is 34.4 Å². The Hall–Kier alpha value is -0.240. The highest BCUT2D eigenvalue weighted by Crippen LogP contribution is 2.18. The van der Waals surface area contributed by atoms with Crippen LogP contribution in [-0.4, -0.2) is 37.3 Å². The molecule has 6 nitrogen and oxygen atoms in total. The van der Waals surface area contributed by atoms with Crippen LogP contribution in [0.3, 0.4) is 0 Å². The van der Waals surface area contributed by atoms with Crippen molar-refractivity contribution in [3.63, 3.8) is 0 Å². The molecule has 0 aromatic heterocycles. The Morgan fingerprint density at radius 1 is 0.933 bits per heavy atom. The van der Waals surface area contributed by atoms with Gasteiger partial charge in [0.15, 0.2) is 0 Å². The molecular weight excluding hydrogens is 192 g/mol. The third kappa shape index (κ3) is 4.02. The van der Waals surface area contributed by atoms with Crippen LogP contribution >= 0.6 is 0 Å². The van der Waals surface area contributed by atoms with Crippen LogP contribution in [0.15, 0.2) is 0 Å². The number of hydrogen-bond donors (Lipinski definition) is 6.